The average Bonchev–Trinajstić information content (AvgIpc) is 3.30. The minimum Gasteiger partial charge on any atom is -0.478 e. The number of rotatable bonds is 5. The summed E-state index contributed by atoms with van der Waals surface area (Å²) < 4.78 is 0. The molecule has 1 aromatic heterocycles. The molecule has 1 fully saturated rings. The van der Waals surface area contributed by atoms with Crippen molar-refractivity contribution in [1.82, 2.24) is 15.5 Å². The first kappa shape index (κ1) is 14.0. The largest absolute Gasteiger partial charge is 0.478 e. The number of aromatic carboxylic acids is 1. The van der Waals surface area contributed by atoms with Gasteiger partial charge in [-0.2, -0.15) is 5.10 Å². The van der Waals surface area contributed by atoms with Gasteiger partial charge in [0.1, 0.15) is 0 Å². The number of carboxylic acids is 1. The van der Waals surface area contributed by atoms with Gasteiger partial charge in [0, 0.05) is 23.5 Å². The number of hydrogen-bond acceptors (Lipinski definition) is 3. The second-order valence-electron chi connectivity index (χ2n) is 5.99. The molecule has 1 heterocycles. The topological polar surface area (TPSA) is 78.0 Å². The molecular formula is C18H17N3O2. The maximum absolute atomic E-state index is 11.2. The van der Waals surface area contributed by atoms with Crippen LogP contribution in [-0.4, -0.2) is 27.3 Å². The second kappa shape index (κ2) is 5.52. The number of aromatic nitrogens is 2. The predicted molar refractivity (Wildman–Crippen MR) is 88.4 cm³/mol. The fourth-order valence-electron chi connectivity index (χ4n) is 2.75. The van der Waals surface area contributed by atoms with Crippen LogP contribution in [-0.2, 0) is 6.54 Å². The van der Waals surface area contributed by atoms with Gasteiger partial charge < -0.3 is 10.4 Å². The molecule has 0 radical (unpaired) electrons. The molecule has 1 saturated carbocycles. The first-order valence-corrected chi connectivity index (χ1v) is 7.75. The van der Waals surface area contributed by atoms with Crippen LogP contribution in [0.1, 0.15) is 28.8 Å². The number of carbonyl (C=O) groups is 1. The standard InChI is InChI=1S/C18H17N3O2/c22-18(23)13-4-7-16-15(9-13)17(21-20-16)12-3-1-2-11(8-12)10-19-14-5-6-14/h1-4,7-9,14,19H,5-6,10H2,(H,20,21)(H,22,23). The molecule has 5 nitrogen and oxygen atoms in total. The molecule has 23 heavy (non-hydrogen) atoms. The molecule has 0 atom stereocenters. The van der Waals surface area contributed by atoms with Crippen molar-refractivity contribution in [1.29, 1.82) is 0 Å². The molecular weight excluding hydrogens is 290 g/mol. The highest BCUT2D eigenvalue weighted by Gasteiger charge is 2.20. The second-order valence-corrected chi connectivity index (χ2v) is 5.99. The number of nitrogens with one attached hydrogen (secondary N) is 2. The number of hydrogen-bond donors (Lipinski definition) is 3. The zero-order valence-electron chi connectivity index (χ0n) is 12.5. The van der Waals surface area contributed by atoms with Gasteiger partial charge >= 0.3 is 5.97 Å². The van der Waals surface area contributed by atoms with Crippen molar-refractivity contribution in [2.24, 2.45) is 0 Å². The Bertz CT molecular complexity index is 881. The number of benzene rings is 2. The van der Waals surface area contributed by atoms with Crippen LogP contribution in [0.25, 0.3) is 22.2 Å². The van der Waals surface area contributed by atoms with Gasteiger partial charge in [0.05, 0.1) is 16.8 Å². The summed E-state index contributed by atoms with van der Waals surface area (Å²) in [6.45, 7) is 0.848. The molecule has 116 valence electrons. The highest BCUT2D eigenvalue weighted by Crippen LogP contribution is 2.28. The lowest BCUT2D eigenvalue weighted by Gasteiger charge is -2.05. The number of H-pyrrole nitrogens is 1. The molecule has 3 aromatic rings. The quantitative estimate of drug-likeness (QED) is 0.676. The normalized spacial score (nSPS) is 14.3. The third-order valence-corrected chi connectivity index (χ3v) is 4.18. The van der Waals surface area contributed by atoms with Gasteiger partial charge in [0.2, 0.25) is 0 Å². The molecule has 0 saturated heterocycles. The van der Waals surface area contributed by atoms with Crippen molar-refractivity contribution in [3.8, 4) is 11.3 Å². The Morgan fingerprint density at radius 2 is 2.13 bits per heavy atom. The Morgan fingerprint density at radius 1 is 1.26 bits per heavy atom. The monoisotopic (exact) mass is 307 g/mol. The Morgan fingerprint density at radius 3 is 2.91 bits per heavy atom. The van der Waals surface area contributed by atoms with Crippen molar-refractivity contribution in [3.63, 3.8) is 0 Å². The minimum atomic E-state index is -0.929. The van der Waals surface area contributed by atoms with E-state index < -0.39 is 5.97 Å². The Hall–Kier alpha value is -2.66. The third-order valence-electron chi connectivity index (χ3n) is 4.18. The van der Waals surface area contributed by atoms with E-state index in [1.807, 2.05) is 12.1 Å². The maximum Gasteiger partial charge on any atom is 0.335 e. The minimum absolute atomic E-state index is 0.270. The predicted octanol–water partition coefficient (Wildman–Crippen LogP) is 3.18. The summed E-state index contributed by atoms with van der Waals surface area (Å²) in [4.78, 5) is 11.2. The zero-order chi connectivity index (χ0) is 15.8. The summed E-state index contributed by atoms with van der Waals surface area (Å²) >= 11 is 0. The van der Waals surface area contributed by atoms with Crippen molar-refractivity contribution in [3.05, 3.63) is 53.6 Å². The van der Waals surface area contributed by atoms with E-state index in [1.54, 1.807) is 18.2 Å². The van der Waals surface area contributed by atoms with Gasteiger partial charge in [0.25, 0.3) is 0 Å². The van der Waals surface area contributed by atoms with Crippen LogP contribution in [0.3, 0.4) is 0 Å². The molecule has 0 spiro atoms. The summed E-state index contributed by atoms with van der Waals surface area (Å²) in [7, 11) is 0. The SMILES string of the molecule is O=C(O)c1ccc2[nH]nc(-c3cccc(CNC4CC4)c3)c2c1. The summed E-state index contributed by atoms with van der Waals surface area (Å²) in [5, 5.41) is 20.9. The summed E-state index contributed by atoms with van der Waals surface area (Å²) in [5.41, 5.74) is 4.10. The maximum atomic E-state index is 11.2. The molecule has 1 aliphatic rings. The highest BCUT2D eigenvalue weighted by molar-refractivity contribution is 5.98. The molecule has 5 heteroatoms. The van der Waals surface area contributed by atoms with Crippen molar-refractivity contribution in [2.75, 3.05) is 0 Å². The lowest BCUT2D eigenvalue weighted by atomic mass is 10.0. The number of fused-ring (bicyclic) bond motifs is 1. The van der Waals surface area contributed by atoms with Crippen LogP contribution in [0.2, 0.25) is 0 Å². The number of aromatic amines is 1. The summed E-state index contributed by atoms with van der Waals surface area (Å²) in [6, 6.07) is 13.9. The molecule has 0 bridgehead atoms. The van der Waals surface area contributed by atoms with Crippen molar-refractivity contribution >= 4 is 16.9 Å². The van der Waals surface area contributed by atoms with Crippen LogP contribution in [0, 0.1) is 0 Å². The van der Waals surface area contributed by atoms with Gasteiger partial charge in [-0.15, -0.1) is 0 Å². The van der Waals surface area contributed by atoms with Crippen LogP contribution in [0.5, 0.6) is 0 Å². The fraction of sp³-hybridized carbons (Fsp3) is 0.222. The van der Waals surface area contributed by atoms with Crippen LogP contribution < -0.4 is 5.32 Å². The Balaban J connectivity index is 1.71. The van der Waals surface area contributed by atoms with Crippen LogP contribution >= 0.6 is 0 Å². The molecule has 4 rings (SSSR count). The van der Waals surface area contributed by atoms with E-state index in [-0.39, 0.29) is 5.56 Å². The summed E-state index contributed by atoms with van der Waals surface area (Å²) in [6.07, 6.45) is 2.53. The molecule has 0 unspecified atom stereocenters. The zero-order valence-corrected chi connectivity index (χ0v) is 12.5. The highest BCUT2D eigenvalue weighted by atomic mass is 16.4. The van der Waals surface area contributed by atoms with Gasteiger partial charge in [-0.1, -0.05) is 18.2 Å². The van der Waals surface area contributed by atoms with Crippen molar-refractivity contribution in [2.45, 2.75) is 25.4 Å². The lowest BCUT2D eigenvalue weighted by Crippen LogP contribution is -2.15. The summed E-state index contributed by atoms with van der Waals surface area (Å²) in [5.74, 6) is -0.929. The third kappa shape index (κ3) is 2.83. The first-order valence-electron chi connectivity index (χ1n) is 7.75. The van der Waals surface area contributed by atoms with Crippen LogP contribution in [0.4, 0.5) is 0 Å². The van der Waals surface area contributed by atoms with E-state index in [2.05, 4.69) is 27.6 Å². The van der Waals surface area contributed by atoms with E-state index in [4.69, 9.17) is 0 Å². The lowest BCUT2D eigenvalue weighted by molar-refractivity contribution is 0.0697. The van der Waals surface area contributed by atoms with Crippen LogP contribution in [0.15, 0.2) is 42.5 Å². The number of nitrogens with zero attached hydrogens (tertiary/aromatic N) is 1. The Kier molecular flexibility index (Phi) is 3.35. The molecule has 0 amide bonds. The fourth-order valence-corrected chi connectivity index (χ4v) is 2.75. The van der Waals surface area contributed by atoms with Crippen molar-refractivity contribution < 1.29 is 9.90 Å². The van der Waals surface area contributed by atoms with Gasteiger partial charge in [-0.05, 0) is 42.7 Å². The first-order chi connectivity index (χ1) is 11.2. The number of carboxylic acid groups (broad SMARTS) is 1. The van der Waals surface area contributed by atoms with Gasteiger partial charge in [-0.25, -0.2) is 4.79 Å². The molecule has 0 aliphatic heterocycles. The molecule has 3 N–H and O–H groups in total. The Labute approximate surface area is 133 Å². The van der Waals surface area contributed by atoms with E-state index in [0.29, 0.717) is 6.04 Å². The van der Waals surface area contributed by atoms with E-state index >= 15 is 0 Å². The van der Waals surface area contributed by atoms with E-state index in [1.165, 1.54) is 18.4 Å². The molecule has 2 aromatic carbocycles. The van der Waals surface area contributed by atoms with Gasteiger partial charge in [-0.3, -0.25) is 5.10 Å². The average molecular weight is 307 g/mol. The smallest absolute Gasteiger partial charge is 0.335 e. The van der Waals surface area contributed by atoms with E-state index in [9.17, 15) is 9.90 Å². The molecule has 1 aliphatic carbocycles. The van der Waals surface area contributed by atoms with E-state index in [0.717, 1.165) is 28.7 Å². The van der Waals surface area contributed by atoms with Gasteiger partial charge in [0.15, 0.2) is 0 Å².